The first-order valence-corrected chi connectivity index (χ1v) is 7.03. The molecular weight excluding hydrogens is 242 g/mol. The minimum Gasteiger partial charge on any atom is -0.464 e. The molecule has 4 bridgehead atoms. The van der Waals surface area contributed by atoms with Gasteiger partial charge in [-0.2, -0.15) is 10.4 Å². The Hall–Kier alpha value is -1.57. The Balaban J connectivity index is 1.69. The molecule has 0 amide bonds. The Morgan fingerprint density at radius 3 is 2.26 bits per heavy atom. The molecule has 1 N–H and O–H groups in total. The average Bonchev–Trinajstić information content (AvgIpc) is 2.40. The summed E-state index contributed by atoms with van der Waals surface area (Å²) in [5.74, 6) is 2.47. The summed E-state index contributed by atoms with van der Waals surface area (Å²) >= 11 is 0. The van der Waals surface area contributed by atoms with Crippen LogP contribution in [0.2, 0.25) is 0 Å². The van der Waals surface area contributed by atoms with E-state index in [0.29, 0.717) is 17.9 Å². The molecule has 0 atom stereocenters. The van der Waals surface area contributed by atoms with Crippen molar-refractivity contribution in [1.82, 2.24) is 5.43 Å². The number of nitrogens with one attached hydrogen (secondary N) is 1. The Morgan fingerprint density at radius 2 is 1.79 bits per heavy atom. The quantitative estimate of drug-likeness (QED) is 0.474. The van der Waals surface area contributed by atoms with Gasteiger partial charge in [0.05, 0.1) is 7.11 Å². The van der Waals surface area contributed by atoms with Crippen LogP contribution in [0.1, 0.15) is 32.1 Å². The van der Waals surface area contributed by atoms with Gasteiger partial charge in [0.25, 0.3) is 0 Å². The molecule has 0 aromatic heterocycles. The number of esters is 1. The third-order valence-corrected chi connectivity index (χ3v) is 5.04. The second-order valence-electron chi connectivity index (χ2n) is 6.15. The van der Waals surface area contributed by atoms with Crippen LogP contribution < -0.4 is 5.43 Å². The van der Waals surface area contributed by atoms with Crippen molar-refractivity contribution in [1.29, 1.82) is 5.26 Å². The molecule has 5 heteroatoms. The topological polar surface area (TPSA) is 74.5 Å². The van der Waals surface area contributed by atoms with Crippen molar-refractivity contribution >= 4 is 11.7 Å². The van der Waals surface area contributed by atoms with Crippen LogP contribution >= 0.6 is 0 Å². The SMILES string of the molecule is COC(=O)/C(C#N)=N/NC1C2CC3CC(C2)CC1C3. The zero-order valence-electron chi connectivity index (χ0n) is 11.1. The van der Waals surface area contributed by atoms with Crippen molar-refractivity contribution < 1.29 is 9.53 Å². The molecule has 4 saturated carbocycles. The molecule has 102 valence electrons. The maximum Gasteiger partial charge on any atom is 0.369 e. The second kappa shape index (κ2) is 4.84. The fraction of sp³-hybridized carbons (Fsp3) is 0.786. The molecule has 4 rings (SSSR count). The highest BCUT2D eigenvalue weighted by molar-refractivity contribution is 6.42. The third kappa shape index (κ3) is 2.20. The van der Waals surface area contributed by atoms with E-state index in [1.165, 1.54) is 39.2 Å². The number of carbonyl (C=O) groups excluding carboxylic acids is 1. The Labute approximate surface area is 113 Å². The Bertz CT molecular complexity index is 424. The molecule has 0 unspecified atom stereocenters. The second-order valence-corrected chi connectivity index (χ2v) is 6.15. The molecule has 0 heterocycles. The Morgan fingerprint density at radius 1 is 1.21 bits per heavy atom. The van der Waals surface area contributed by atoms with Gasteiger partial charge in [0, 0.05) is 6.04 Å². The van der Waals surface area contributed by atoms with Gasteiger partial charge in [-0.1, -0.05) is 0 Å². The van der Waals surface area contributed by atoms with Crippen molar-refractivity contribution in [3.05, 3.63) is 0 Å². The summed E-state index contributed by atoms with van der Waals surface area (Å²) in [5.41, 5.74) is 2.91. The van der Waals surface area contributed by atoms with Gasteiger partial charge in [-0.25, -0.2) is 4.79 Å². The molecule has 5 nitrogen and oxygen atoms in total. The monoisotopic (exact) mass is 261 g/mol. The van der Waals surface area contributed by atoms with Gasteiger partial charge < -0.3 is 10.2 Å². The number of nitrogens with zero attached hydrogens (tertiary/aromatic N) is 2. The largest absolute Gasteiger partial charge is 0.464 e. The zero-order chi connectivity index (χ0) is 13.4. The molecule has 4 aliphatic carbocycles. The molecule has 0 aromatic carbocycles. The molecule has 0 aliphatic heterocycles. The van der Waals surface area contributed by atoms with Crippen molar-refractivity contribution in [2.45, 2.75) is 38.1 Å². The van der Waals surface area contributed by atoms with Gasteiger partial charge in [0.1, 0.15) is 6.07 Å². The molecule has 19 heavy (non-hydrogen) atoms. The summed E-state index contributed by atoms with van der Waals surface area (Å²) < 4.78 is 4.53. The third-order valence-electron chi connectivity index (χ3n) is 5.04. The summed E-state index contributed by atoms with van der Waals surface area (Å²) in [5, 5.41) is 12.9. The van der Waals surface area contributed by atoms with Gasteiger partial charge in [0.2, 0.25) is 5.71 Å². The van der Waals surface area contributed by atoms with Crippen molar-refractivity contribution in [3.63, 3.8) is 0 Å². The fourth-order valence-electron chi connectivity index (χ4n) is 4.49. The maximum atomic E-state index is 11.3. The molecule has 4 aliphatic rings. The predicted molar refractivity (Wildman–Crippen MR) is 69.0 cm³/mol. The summed E-state index contributed by atoms with van der Waals surface area (Å²) in [6, 6.07) is 2.12. The molecule has 0 spiro atoms. The minimum atomic E-state index is -0.668. The maximum absolute atomic E-state index is 11.3. The number of carbonyl (C=O) groups is 1. The number of rotatable bonds is 3. The summed E-state index contributed by atoms with van der Waals surface area (Å²) in [4.78, 5) is 11.3. The predicted octanol–water partition coefficient (Wildman–Crippen LogP) is 1.45. The highest BCUT2D eigenvalue weighted by Gasteiger charge is 2.48. The van der Waals surface area contributed by atoms with Crippen LogP contribution in [0.4, 0.5) is 0 Å². The van der Waals surface area contributed by atoms with Crippen LogP contribution in [0.15, 0.2) is 5.10 Å². The van der Waals surface area contributed by atoms with Gasteiger partial charge in [-0.15, -0.1) is 0 Å². The van der Waals surface area contributed by atoms with Crippen molar-refractivity contribution in [2.24, 2.45) is 28.8 Å². The van der Waals surface area contributed by atoms with Crippen LogP contribution in [0, 0.1) is 35.0 Å². The minimum absolute atomic E-state index is 0.184. The lowest BCUT2D eigenvalue weighted by molar-refractivity contribution is -0.132. The molecule has 0 radical (unpaired) electrons. The van der Waals surface area contributed by atoms with Crippen LogP contribution in [0.3, 0.4) is 0 Å². The van der Waals surface area contributed by atoms with Gasteiger partial charge in [0.15, 0.2) is 0 Å². The smallest absolute Gasteiger partial charge is 0.369 e. The van der Waals surface area contributed by atoms with Crippen molar-refractivity contribution in [2.75, 3.05) is 7.11 Å². The highest BCUT2D eigenvalue weighted by atomic mass is 16.5. The van der Waals surface area contributed by atoms with E-state index in [2.05, 4.69) is 15.3 Å². The number of hydrazone groups is 1. The van der Waals surface area contributed by atoms with Crippen LogP contribution in [-0.2, 0) is 9.53 Å². The van der Waals surface area contributed by atoms with Gasteiger partial charge >= 0.3 is 5.97 Å². The van der Waals surface area contributed by atoms with E-state index in [0.717, 1.165) is 11.8 Å². The number of hydrogen-bond acceptors (Lipinski definition) is 5. The van der Waals surface area contributed by atoms with E-state index in [-0.39, 0.29) is 5.71 Å². The van der Waals surface area contributed by atoms with Gasteiger partial charge in [-0.3, -0.25) is 0 Å². The average molecular weight is 261 g/mol. The van der Waals surface area contributed by atoms with Crippen molar-refractivity contribution in [3.8, 4) is 6.07 Å². The van der Waals surface area contributed by atoms with E-state index in [1.807, 2.05) is 0 Å². The number of methoxy groups -OCH3 is 1. The number of hydrogen-bond donors (Lipinski definition) is 1. The summed E-state index contributed by atoms with van der Waals surface area (Å²) in [6.45, 7) is 0. The van der Waals surface area contributed by atoms with Crippen LogP contribution in [0.25, 0.3) is 0 Å². The number of ether oxygens (including phenoxy) is 1. The van der Waals surface area contributed by atoms with Crippen LogP contribution in [-0.4, -0.2) is 24.8 Å². The van der Waals surface area contributed by atoms with Crippen LogP contribution in [0.5, 0.6) is 0 Å². The van der Waals surface area contributed by atoms with Gasteiger partial charge in [-0.05, 0) is 55.8 Å². The fourth-order valence-corrected chi connectivity index (χ4v) is 4.49. The van der Waals surface area contributed by atoms with E-state index in [4.69, 9.17) is 5.26 Å². The first kappa shape index (κ1) is 12.5. The molecule has 4 fully saturated rings. The van der Waals surface area contributed by atoms with E-state index < -0.39 is 5.97 Å². The van der Waals surface area contributed by atoms with E-state index >= 15 is 0 Å². The highest BCUT2D eigenvalue weighted by Crippen LogP contribution is 2.53. The van der Waals surface area contributed by atoms with E-state index in [9.17, 15) is 4.79 Å². The summed E-state index contributed by atoms with van der Waals surface area (Å²) in [7, 11) is 1.26. The molecule has 0 saturated heterocycles. The lowest BCUT2D eigenvalue weighted by Crippen LogP contribution is -2.53. The lowest BCUT2D eigenvalue weighted by Gasteiger charge is -2.54. The molecule has 0 aromatic rings. The molecular formula is C14H19N3O2. The lowest BCUT2D eigenvalue weighted by atomic mass is 9.54. The summed E-state index contributed by atoms with van der Waals surface area (Å²) in [6.07, 6.45) is 6.52. The van der Waals surface area contributed by atoms with E-state index in [1.54, 1.807) is 6.07 Å². The number of nitriles is 1. The standard InChI is InChI=1S/C14H19N3O2/c1-19-14(18)12(7-15)16-17-13-10-3-8-2-9(5-10)6-11(13)4-8/h8-11,13,17H,2-6H2,1H3/b16-12+. The zero-order valence-corrected chi connectivity index (χ0v) is 11.1. The normalized spacial score (nSPS) is 39.8. The Kier molecular flexibility index (Phi) is 3.17. The first-order valence-electron chi connectivity index (χ1n) is 7.03. The first-order chi connectivity index (χ1) is 9.21.